The molecule has 0 unspecified atom stereocenters. The summed E-state index contributed by atoms with van der Waals surface area (Å²) in [6.07, 6.45) is 2.55. The smallest absolute Gasteiger partial charge is 0.306 e. The summed E-state index contributed by atoms with van der Waals surface area (Å²) in [5.41, 5.74) is 0. The minimum atomic E-state index is -0.201. The van der Waals surface area contributed by atoms with Gasteiger partial charge >= 0.3 is 5.97 Å². The Morgan fingerprint density at radius 3 is 2.94 bits per heavy atom. The van der Waals surface area contributed by atoms with Crippen LogP contribution in [-0.2, 0) is 22.6 Å². The number of aryl methyl sites for hydroxylation is 1. The maximum Gasteiger partial charge on any atom is 0.306 e. The molecule has 1 heterocycles. The van der Waals surface area contributed by atoms with Crippen molar-refractivity contribution in [1.82, 2.24) is 25.1 Å². The molecule has 0 saturated carbocycles. The molecular formula is C11H21N5O2. The van der Waals surface area contributed by atoms with Crippen molar-refractivity contribution < 1.29 is 9.53 Å². The van der Waals surface area contributed by atoms with Gasteiger partial charge in [0.15, 0.2) is 5.82 Å². The normalized spacial score (nSPS) is 10.9. The van der Waals surface area contributed by atoms with E-state index in [0.29, 0.717) is 19.5 Å². The number of aromatic nitrogens is 4. The minimum Gasteiger partial charge on any atom is -0.469 e. The standard InChI is InChI=1S/C11H21N5O2/c1-4-5-7-16-10(12-13-14-16)9-15(2)8-6-11(17)18-3/h4-9H2,1-3H3. The summed E-state index contributed by atoms with van der Waals surface area (Å²) in [6.45, 7) is 4.23. The molecule has 0 N–H and O–H groups in total. The quantitative estimate of drug-likeness (QED) is 0.629. The number of rotatable bonds is 8. The van der Waals surface area contributed by atoms with Crippen molar-refractivity contribution in [2.45, 2.75) is 39.3 Å². The highest BCUT2D eigenvalue weighted by Crippen LogP contribution is 2.01. The zero-order valence-electron chi connectivity index (χ0n) is 11.3. The summed E-state index contributed by atoms with van der Waals surface area (Å²) in [7, 11) is 3.33. The van der Waals surface area contributed by atoms with Gasteiger partial charge in [0.1, 0.15) is 0 Å². The first-order valence-electron chi connectivity index (χ1n) is 6.17. The number of unbranched alkanes of at least 4 members (excludes halogenated alkanes) is 1. The number of hydrogen-bond acceptors (Lipinski definition) is 6. The fourth-order valence-corrected chi connectivity index (χ4v) is 1.52. The van der Waals surface area contributed by atoms with Gasteiger partial charge in [0.05, 0.1) is 20.1 Å². The van der Waals surface area contributed by atoms with Gasteiger partial charge in [0, 0.05) is 13.1 Å². The maximum absolute atomic E-state index is 11.0. The first kappa shape index (κ1) is 14.6. The Morgan fingerprint density at radius 1 is 1.50 bits per heavy atom. The van der Waals surface area contributed by atoms with Crippen molar-refractivity contribution in [3.8, 4) is 0 Å². The van der Waals surface area contributed by atoms with Gasteiger partial charge in [-0.15, -0.1) is 5.10 Å². The molecule has 1 aromatic heterocycles. The number of ether oxygens (including phenoxy) is 1. The highest BCUT2D eigenvalue weighted by atomic mass is 16.5. The number of carbonyl (C=O) groups is 1. The van der Waals surface area contributed by atoms with Gasteiger partial charge < -0.3 is 4.74 Å². The van der Waals surface area contributed by atoms with Crippen LogP contribution in [0.25, 0.3) is 0 Å². The molecule has 1 rings (SSSR count). The molecule has 0 radical (unpaired) electrons. The van der Waals surface area contributed by atoms with Gasteiger partial charge in [-0.3, -0.25) is 9.69 Å². The van der Waals surface area contributed by atoms with E-state index in [1.165, 1.54) is 7.11 Å². The monoisotopic (exact) mass is 255 g/mol. The largest absolute Gasteiger partial charge is 0.469 e. The summed E-state index contributed by atoms with van der Waals surface area (Å²) in [5, 5.41) is 11.6. The van der Waals surface area contributed by atoms with Crippen molar-refractivity contribution in [2.75, 3.05) is 20.7 Å². The number of nitrogens with zero attached hydrogens (tertiary/aromatic N) is 5. The molecule has 0 bridgehead atoms. The SMILES string of the molecule is CCCCn1nnnc1CN(C)CCC(=O)OC. The van der Waals surface area contributed by atoms with Gasteiger partial charge in [-0.05, 0) is 23.9 Å². The van der Waals surface area contributed by atoms with Crippen molar-refractivity contribution in [3.05, 3.63) is 5.82 Å². The second-order valence-corrected chi connectivity index (χ2v) is 4.24. The van der Waals surface area contributed by atoms with E-state index in [9.17, 15) is 4.79 Å². The Labute approximate surface area is 107 Å². The lowest BCUT2D eigenvalue weighted by atomic mass is 10.3. The second-order valence-electron chi connectivity index (χ2n) is 4.24. The third-order valence-corrected chi connectivity index (χ3v) is 2.67. The predicted molar refractivity (Wildman–Crippen MR) is 65.7 cm³/mol. The molecule has 0 saturated heterocycles. The van der Waals surface area contributed by atoms with E-state index < -0.39 is 0 Å². The lowest BCUT2D eigenvalue weighted by Gasteiger charge is -2.15. The minimum absolute atomic E-state index is 0.201. The Kier molecular flexibility index (Phi) is 6.27. The summed E-state index contributed by atoms with van der Waals surface area (Å²) in [5.74, 6) is 0.628. The van der Waals surface area contributed by atoms with Crippen LogP contribution in [0, 0.1) is 0 Å². The van der Waals surface area contributed by atoms with E-state index >= 15 is 0 Å². The number of carbonyl (C=O) groups excluding carboxylic acids is 1. The third-order valence-electron chi connectivity index (χ3n) is 2.67. The average molecular weight is 255 g/mol. The molecule has 0 amide bonds. The van der Waals surface area contributed by atoms with Crippen LogP contribution in [-0.4, -0.2) is 51.8 Å². The number of esters is 1. The fourth-order valence-electron chi connectivity index (χ4n) is 1.52. The first-order chi connectivity index (χ1) is 8.67. The molecule has 18 heavy (non-hydrogen) atoms. The van der Waals surface area contributed by atoms with E-state index in [1.807, 2.05) is 16.6 Å². The van der Waals surface area contributed by atoms with Crippen LogP contribution >= 0.6 is 0 Å². The molecule has 0 fully saturated rings. The summed E-state index contributed by atoms with van der Waals surface area (Å²) < 4.78 is 6.42. The van der Waals surface area contributed by atoms with Crippen LogP contribution in [0.3, 0.4) is 0 Å². The third kappa shape index (κ3) is 4.79. The number of hydrogen-bond donors (Lipinski definition) is 0. The van der Waals surface area contributed by atoms with Gasteiger partial charge in [-0.2, -0.15) is 0 Å². The molecule has 0 spiro atoms. The van der Waals surface area contributed by atoms with Gasteiger partial charge in [0.2, 0.25) is 0 Å². The highest BCUT2D eigenvalue weighted by Gasteiger charge is 2.10. The highest BCUT2D eigenvalue weighted by molar-refractivity contribution is 5.69. The molecule has 102 valence electrons. The average Bonchev–Trinajstić information content (AvgIpc) is 2.80. The molecule has 0 aromatic carbocycles. The van der Waals surface area contributed by atoms with Gasteiger partial charge in [0.25, 0.3) is 0 Å². The predicted octanol–water partition coefficient (Wildman–Crippen LogP) is 0.468. The molecule has 0 aliphatic heterocycles. The summed E-state index contributed by atoms with van der Waals surface area (Å²) in [4.78, 5) is 13.0. The molecule has 0 aliphatic carbocycles. The van der Waals surface area contributed by atoms with Crippen LogP contribution < -0.4 is 0 Å². The Bertz CT molecular complexity index is 366. The first-order valence-corrected chi connectivity index (χ1v) is 6.17. The molecular weight excluding hydrogens is 234 g/mol. The van der Waals surface area contributed by atoms with Crippen molar-refractivity contribution in [3.63, 3.8) is 0 Å². The van der Waals surface area contributed by atoms with E-state index in [2.05, 4.69) is 27.2 Å². The van der Waals surface area contributed by atoms with E-state index in [0.717, 1.165) is 25.2 Å². The van der Waals surface area contributed by atoms with Crippen molar-refractivity contribution in [1.29, 1.82) is 0 Å². The zero-order valence-corrected chi connectivity index (χ0v) is 11.3. The Balaban J connectivity index is 2.41. The van der Waals surface area contributed by atoms with Crippen LogP contribution in [0.1, 0.15) is 32.0 Å². The van der Waals surface area contributed by atoms with E-state index in [-0.39, 0.29) is 5.97 Å². The van der Waals surface area contributed by atoms with E-state index in [1.54, 1.807) is 0 Å². The van der Waals surface area contributed by atoms with Gasteiger partial charge in [-0.1, -0.05) is 13.3 Å². The zero-order chi connectivity index (χ0) is 13.4. The van der Waals surface area contributed by atoms with Gasteiger partial charge in [-0.25, -0.2) is 4.68 Å². The van der Waals surface area contributed by atoms with Crippen LogP contribution in [0.4, 0.5) is 0 Å². The van der Waals surface area contributed by atoms with Crippen molar-refractivity contribution >= 4 is 5.97 Å². The summed E-state index contributed by atoms with van der Waals surface area (Å²) >= 11 is 0. The molecule has 0 atom stereocenters. The number of methoxy groups -OCH3 is 1. The fraction of sp³-hybridized carbons (Fsp3) is 0.818. The lowest BCUT2D eigenvalue weighted by molar-refractivity contribution is -0.140. The molecule has 7 heteroatoms. The second kappa shape index (κ2) is 7.75. The Morgan fingerprint density at radius 2 is 2.28 bits per heavy atom. The van der Waals surface area contributed by atoms with Crippen LogP contribution in [0.5, 0.6) is 0 Å². The van der Waals surface area contributed by atoms with Crippen LogP contribution in [0.2, 0.25) is 0 Å². The summed E-state index contributed by atoms with van der Waals surface area (Å²) in [6, 6.07) is 0. The maximum atomic E-state index is 11.0. The van der Waals surface area contributed by atoms with Crippen molar-refractivity contribution in [2.24, 2.45) is 0 Å². The van der Waals surface area contributed by atoms with E-state index in [4.69, 9.17) is 0 Å². The molecule has 1 aromatic rings. The lowest BCUT2D eigenvalue weighted by Crippen LogP contribution is -2.24. The number of tetrazole rings is 1. The topological polar surface area (TPSA) is 73.1 Å². The Hall–Kier alpha value is -1.50. The molecule has 7 nitrogen and oxygen atoms in total. The van der Waals surface area contributed by atoms with Crippen LogP contribution in [0.15, 0.2) is 0 Å². The molecule has 0 aliphatic rings.